The molecule has 524 valence electrons. The van der Waals surface area contributed by atoms with Gasteiger partial charge in [-0.15, -0.1) is 0 Å². The minimum absolute atomic E-state index is 0.0736. The molecule has 31 nitrogen and oxygen atoms in total. The van der Waals surface area contributed by atoms with E-state index < -0.39 is 169 Å². The van der Waals surface area contributed by atoms with Gasteiger partial charge in [-0.1, -0.05) is 74.5 Å². The zero-order valence-electron chi connectivity index (χ0n) is 54.5. The maximum absolute atomic E-state index is 14.7. The highest BCUT2D eigenvalue weighted by atomic mass is 32.2. The van der Waals surface area contributed by atoms with E-state index in [1.807, 2.05) is 20.1 Å². The summed E-state index contributed by atoms with van der Waals surface area (Å²) in [5.41, 5.74) is 40.6. The van der Waals surface area contributed by atoms with Gasteiger partial charge in [0.15, 0.2) is 5.96 Å². The Bertz CT molecular complexity index is 2960. The first-order valence-corrected chi connectivity index (χ1v) is 33.6. The molecule has 0 radical (unpaired) electrons. The Morgan fingerprint density at radius 2 is 1.01 bits per heavy atom. The second-order valence-corrected chi connectivity index (χ2v) is 25.1. The van der Waals surface area contributed by atoms with Gasteiger partial charge in [0.1, 0.15) is 54.4 Å². The van der Waals surface area contributed by atoms with Gasteiger partial charge in [-0.05, 0) is 119 Å². The van der Waals surface area contributed by atoms with Crippen molar-refractivity contribution in [3.63, 3.8) is 0 Å². The quantitative estimate of drug-likeness (QED) is 0.0173. The largest absolute Gasteiger partial charge is 0.370 e. The molecule has 2 saturated heterocycles. The van der Waals surface area contributed by atoms with Crippen LogP contribution in [-0.2, 0) is 75.2 Å². The lowest BCUT2D eigenvalue weighted by atomic mass is 10.0. The van der Waals surface area contributed by atoms with E-state index in [0.717, 1.165) is 0 Å². The summed E-state index contributed by atoms with van der Waals surface area (Å²) in [5, 5.41) is 21.1. The molecule has 22 N–H and O–H groups in total. The first kappa shape index (κ1) is 78.5. The number of thioether (sulfide) groups is 1. The molecular formula is C63H98N18O13S. The van der Waals surface area contributed by atoms with E-state index in [1.54, 1.807) is 60.7 Å². The minimum Gasteiger partial charge on any atom is -0.370 e. The second-order valence-electron chi connectivity index (χ2n) is 24.1. The van der Waals surface area contributed by atoms with Crippen molar-refractivity contribution in [2.45, 2.75) is 183 Å². The van der Waals surface area contributed by atoms with Crippen molar-refractivity contribution in [1.82, 2.24) is 52.3 Å². The molecule has 0 aliphatic carbocycles. The number of aliphatic imine (C=N–C) groups is 1. The molecule has 2 fully saturated rings. The molecule has 2 aromatic carbocycles. The third-order valence-corrected chi connectivity index (χ3v) is 16.7. The summed E-state index contributed by atoms with van der Waals surface area (Å²) in [6.45, 7) is 3.86. The van der Waals surface area contributed by atoms with Crippen LogP contribution in [0.15, 0.2) is 65.7 Å². The number of likely N-dealkylation sites (tertiary alicyclic amines) is 2. The number of carbonyl (C=O) groups is 13. The Balaban J connectivity index is 1.56. The average molecular weight is 1350 g/mol. The Morgan fingerprint density at radius 1 is 0.537 bits per heavy atom. The van der Waals surface area contributed by atoms with Crippen molar-refractivity contribution in [3.8, 4) is 0 Å². The maximum atomic E-state index is 14.7. The number of carbonyl (C=O) groups excluding carboxylic acids is 13. The normalized spacial score (nSPS) is 16.8. The van der Waals surface area contributed by atoms with Crippen LogP contribution in [0.2, 0.25) is 0 Å². The highest BCUT2D eigenvalue weighted by molar-refractivity contribution is 7.98. The monoisotopic (exact) mass is 1350 g/mol. The van der Waals surface area contributed by atoms with Crippen molar-refractivity contribution < 1.29 is 62.3 Å². The van der Waals surface area contributed by atoms with Crippen molar-refractivity contribution >= 4 is 94.5 Å². The summed E-state index contributed by atoms with van der Waals surface area (Å²) in [6, 6.07) is 4.51. The smallest absolute Gasteiger partial charge is 0.245 e. The highest BCUT2D eigenvalue weighted by Crippen LogP contribution is 2.24. The van der Waals surface area contributed by atoms with Gasteiger partial charge in [-0.25, -0.2) is 0 Å². The third kappa shape index (κ3) is 27.5. The SMILES string of the molecule is CSCC[C@H](NC(=O)[C@@H](CC(C)C)NC(=O)CNC(=O)[C@@H](Cc1ccccc1)NC(=O)[C@H](Cc1ccccc1)NC(=O)[C@H](CCC(N)=O)NC(=O)[C@@H](CCC(N)=O)NC(=O)[C@H]1CCCN1C(=O)[C@@H](CCCCN)NC(=O)[C@@H]1CCCN1C(=O)[C@H](N)CCCN=C(N)N)C(N)=O. The van der Waals surface area contributed by atoms with Gasteiger partial charge in [0, 0.05) is 45.3 Å². The van der Waals surface area contributed by atoms with Crippen molar-refractivity contribution in [2.24, 2.45) is 51.0 Å². The van der Waals surface area contributed by atoms with E-state index in [9.17, 15) is 62.3 Å². The fourth-order valence-electron chi connectivity index (χ4n) is 11.0. The van der Waals surface area contributed by atoms with Crippen LogP contribution < -0.4 is 82.7 Å². The number of nitrogens with zero attached hydrogens (tertiary/aromatic N) is 3. The standard InChI is InChI=1S/C63H98N18O13S/c1-37(2)33-45(57(89)74-41(53(68)85)27-32-95-3)73-52(84)36-72-54(86)46(34-38-15-6-4-7-16-38)78-58(90)47(35-39-17-8-5-9-18-39)79-56(88)42(23-25-50(66)82)75-55(87)43(24-26-51(67)83)76-59(91)49-22-14-31-81(49)62(94)44(20-10-11-28-64)77-60(92)48-21-13-30-80(48)61(93)40(65)19-12-29-71-63(69)70/h4-9,15-18,37,40-49H,10-14,19-36,64-65H2,1-3H3,(H2,66,82)(H2,67,83)(H2,68,85)(H,72,86)(H,73,84)(H,74,89)(H,75,87)(H,76,91)(H,77,92)(H,78,90)(H,79,88)(H4,69,70,71)/t40-,41+,42+,43-,44-,45-,46-,47+,48+,49-/m1/s1. The molecule has 2 aliphatic heterocycles. The summed E-state index contributed by atoms with van der Waals surface area (Å²) in [5.74, 6) is -9.80. The third-order valence-electron chi connectivity index (χ3n) is 16.0. The number of rotatable bonds is 42. The Kier molecular flexibility index (Phi) is 33.9. The van der Waals surface area contributed by atoms with Crippen LogP contribution in [0.4, 0.5) is 0 Å². The van der Waals surface area contributed by atoms with E-state index in [-0.39, 0.29) is 83.0 Å². The van der Waals surface area contributed by atoms with Crippen molar-refractivity contribution in [3.05, 3.63) is 71.8 Å². The summed E-state index contributed by atoms with van der Waals surface area (Å²) in [4.78, 5) is 185. The zero-order chi connectivity index (χ0) is 70.1. The van der Waals surface area contributed by atoms with Crippen LogP contribution in [0.25, 0.3) is 0 Å². The molecule has 10 atom stereocenters. The summed E-state index contributed by atoms with van der Waals surface area (Å²) >= 11 is 1.45. The number of nitrogens with two attached hydrogens (primary N) is 7. The lowest BCUT2D eigenvalue weighted by molar-refractivity contribution is -0.144. The molecular weight excluding hydrogens is 1250 g/mol. The zero-order valence-corrected chi connectivity index (χ0v) is 55.3. The van der Waals surface area contributed by atoms with Gasteiger partial charge < -0.3 is 92.5 Å². The molecule has 13 amide bonds. The van der Waals surface area contributed by atoms with Crippen LogP contribution in [0.3, 0.4) is 0 Å². The van der Waals surface area contributed by atoms with Crippen molar-refractivity contribution in [1.29, 1.82) is 0 Å². The molecule has 2 aliphatic rings. The maximum Gasteiger partial charge on any atom is 0.245 e. The van der Waals surface area contributed by atoms with E-state index in [0.29, 0.717) is 55.4 Å². The van der Waals surface area contributed by atoms with Gasteiger partial charge in [0.05, 0.1) is 12.6 Å². The van der Waals surface area contributed by atoms with Crippen molar-refractivity contribution in [2.75, 3.05) is 44.7 Å². The molecule has 2 aromatic rings. The number of unbranched alkanes of at least 4 members (excludes halogenated alkanes) is 1. The summed E-state index contributed by atoms with van der Waals surface area (Å²) < 4.78 is 0. The Labute approximate surface area is 558 Å². The number of nitrogens with one attached hydrogen (secondary N) is 8. The number of amides is 13. The molecule has 0 unspecified atom stereocenters. The van der Waals surface area contributed by atoms with E-state index in [4.69, 9.17) is 40.1 Å². The fraction of sp³-hybridized carbons (Fsp3) is 0.587. The van der Waals surface area contributed by atoms with Gasteiger partial charge >= 0.3 is 0 Å². The van der Waals surface area contributed by atoms with Gasteiger partial charge in [0.2, 0.25) is 76.8 Å². The average Bonchev–Trinajstić information content (AvgIpc) is 1.74. The number of hydrogen-bond donors (Lipinski definition) is 15. The molecule has 32 heteroatoms. The minimum atomic E-state index is -1.64. The lowest BCUT2D eigenvalue weighted by Gasteiger charge is -2.32. The van der Waals surface area contributed by atoms with Gasteiger partial charge in [-0.3, -0.25) is 67.3 Å². The predicted octanol–water partition coefficient (Wildman–Crippen LogP) is -3.71. The molecule has 0 bridgehead atoms. The topological polar surface area (TPSA) is 519 Å². The number of benzene rings is 2. The highest BCUT2D eigenvalue weighted by Gasteiger charge is 2.42. The molecule has 0 spiro atoms. The van der Waals surface area contributed by atoms with E-state index in [2.05, 4.69) is 47.5 Å². The van der Waals surface area contributed by atoms with Gasteiger partial charge in [-0.2, -0.15) is 11.8 Å². The first-order chi connectivity index (χ1) is 45.2. The van der Waals surface area contributed by atoms with Crippen LogP contribution >= 0.6 is 11.8 Å². The Hall–Kier alpha value is -8.91. The summed E-state index contributed by atoms with van der Waals surface area (Å²) in [7, 11) is 0. The second kappa shape index (κ2) is 41.0. The number of guanidine groups is 1. The Morgan fingerprint density at radius 3 is 1.51 bits per heavy atom. The van der Waals surface area contributed by atoms with E-state index in [1.165, 1.54) is 21.6 Å². The molecule has 95 heavy (non-hydrogen) atoms. The summed E-state index contributed by atoms with van der Waals surface area (Å²) in [6.07, 6.45) is 3.12. The van der Waals surface area contributed by atoms with Crippen LogP contribution in [0.1, 0.15) is 121 Å². The molecule has 4 rings (SSSR count). The molecule has 0 saturated carbocycles. The predicted molar refractivity (Wildman–Crippen MR) is 356 cm³/mol. The van der Waals surface area contributed by atoms with Gasteiger partial charge in [0.25, 0.3) is 0 Å². The molecule has 0 aromatic heterocycles. The first-order valence-electron chi connectivity index (χ1n) is 32.2. The van der Waals surface area contributed by atoms with Crippen LogP contribution in [-0.4, -0.2) is 198 Å². The van der Waals surface area contributed by atoms with E-state index >= 15 is 0 Å². The van der Waals surface area contributed by atoms with Crippen LogP contribution in [0, 0.1) is 5.92 Å². The fourth-order valence-corrected chi connectivity index (χ4v) is 11.5. The number of primary amides is 3. The lowest BCUT2D eigenvalue weighted by Crippen LogP contribution is -2.60. The molecule has 2 heterocycles. The van der Waals surface area contributed by atoms with Crippen LogP contribution in [0.5, 0.6) is 0 Å². The number of hydrogen-bond acceptors (Lipinski definition) is 17.